The van der Waals surface area contributed by atoms with Crippen molar-refractivity contribution in [2.45, 2.75) is 78.6 Å². The molecular weight excluding hydrogens is 848 g/mol. The fraction of sp³-hybridized carbons (Fsp3) is 0.182. The molecule has 0 spiro atoms. The molecule has 0 atom stereocenters. The van der Waals surface area contributed by atoms with Crippen molar-refractivity contribution in [1.82, 2.24) is 0 Å². The maximum absolute atomic E-state index is 6.53. The zero-order valence-corrected chi connectivity index (χ0v) is 41.9. The first-order valence-corrected chi connectivity index (χ1v) is 24.9. The van der Waals surface area contributed by atoms with Crippen LogP contribution in [-0.4, -0.2) is 6.71 Å². The largest absolute Gasteiger partial charge is 0.455 e. The second-order valence-electron chi connectivity index (χ2n) is 22.6. The maximum atomic E-state index is 6.53. The van der Waals surface area contributed by atoms with Crippen molar-refractivity contribution in [3.63, 3.8) is 0 Å². The van der Waals surface area contributed by atoms with Gasteiger partial charge in [0.2, 0.25) is 0 Å². The molecule has 2 aliphatic rings. The smallest absolute Gasteiger partial charge is 0.252 e. The Hall–Kier alpha value is -7.56. The molecule has 70 heavy (non-hydrogen) atoms. The predicted molar refractivity (Wildman–Crippen MR) is 300 cm³/mol. The highest BCUT2D eigenvalue weighted by atomic mass is 16.3. The molecule has 0 aliphatic carbocycles. The monoisotopic (exact) mass is 906 g/mol. The third-order valence-electron chi connectivity index (χ3n) is 15.0. The van der Waals surface area contributed by atoms with E-state index in [4.69, 9.17) is 4.42 Å². The standard InChI is InChI=1S/C66H59BN2O/c1-64(2,3)46-30-25-42(26-31-46)45-29-37-56(53(39-45)43-17-11-10-12-18-43)69-59-23-16-22-58-62(59)67(54-36-32-48(41-60(54)69)66(7,8)9)55-40-47(65(4,5)6)33-38-57(55)68(58)49-34-27-44(28-35-49)50-20-15-21-52-51-19-13-14-24-61(51)70-63(50)52/h10-41H,1-9H3. The van der Waals surface area contributed by atoms with Crippen LogP contribution >= 0.6 is 0 Å². The molecule has 0 saturated carbocycles. The number of rotatable bonds is 5. The number of fused-ring (bicyclic) bond motifs is 7. The Morgan fingerprint density at radius 3 is 1.66 bits per heavy atom. The van der Waals surface area contributed by atoms with E-state index in [1.807, 2.05) is 6.07 Å². The highest BCUT2D eigenvalue weighted by Crippen LogP contribution is 2.48. The zero-order chi connectivity index (χ0) is 48.3. The van der Waals surface area contributed by atoms with Crippen molar-refractivity contribution >= 4 is 79.2 Å². The van der Waals surface area contributed by atoms with E-state index in [0.29, 0.717) is 0 Å². The van der Waals surface area contributed by atoms with E-state index >= 15 is 0 Å². The highest BCUT2D eigenvalue weighted by molar-refractivity contribution is 7.00. The molecule has 0 fully saturated rings. The Morgan fingerprint density at radius 2 is 0.929 bits per heavy atom. The van der Waals surface area contributed by atoms with Gasteiger partial charge >= 0.3 is 0 Å². The van der Waals surface area contributed by atoms with Crippen LogP contribution in [0.3, 0.4) is 0 Å². The maximum Gasteiger partial charge on any atom is 0.252 e. The number of para-hydroxylation sites is 2. The summed E-state index contributed by atoms with van der Waals surface area (Å²) in [7, 11) is 0. The van der Waals surface area contributed by atoms with Crippen molar-refractivity contribution in [2.24, 2.45) is 0 Å². The van der Waals surface area contributed by atoms with E-state index in [1.165, 1.54) is 78.1 Å². The van der Waals surface area contributed by atoms with Crippen LogP contribution in [0.1, 0.15) is 79.0 Å². The van der Waals surface area contributed by atoms with Gasteiger partial charge in [-0.05, 0) is 126 Å². The van der Waals surface area contributed by atoms with Crippen molar-refractivity contribution in [1.29, 1.82) is 0 Å². The first kappa shape index (κ1) is 43.7. The van der Waals surface area contributed by atoms with Gasteiger partial charge in [-0.15, -0.1) is 0 Å². The van der Waals surface area contributed by atoms with Gasteiger partial charge in [-0.2, -0.15) is 0 Å². The lowest BCUT2D eigenvalue weighted by Crippen LogP contribution is -2.61. The average molecular weight is 907 g/mol. The van der Waals surface area contributed by atoms with Crippen LogP contribution in [0.5, 0.6) is 0 Å². The number of anilines is 6. The van der Waals surface area contributed by atoms with Gasteiger partial charge in [-0.1, -0.05) is 202 Å². The van der Waals surface area contributed by atoms with E-state index < -0.39 is 0 Å². The van der Waals surface area contributed by atoms with E-state index in [-0.39, 0.29) is 23.0 Å². The van der Waals surface area contributed by atoms with E-state index in [9.17, 15) is 0 Å². The van der Waals surface area contributed by atoms with E-state index in [1.54, 1.807) is 0 Å². The molecule has 1 aromatic heterocycles. The quantitative estimate of drug-likeness (QED) is 0.160. The van der Waals surface area contributed by atoms with Crippen LogP contribution in [0.2, 0.25) is 0 Å². The molecule has 0 amide bonds. The highest BCUT2D eigenvalue weighted by Gasteiger charge is 2.44. The second-order valence-corrected chi connectivity index (χ2v) is 22.6. The third-order valence-corrected chi connectivity index (χ3v) is 15.0. The number of hydrogen-bond acceptors (Lipinski definition) is 3. The molecule has 2 aliphatic heterocycles. The lowest BCUT2D eigenvalue weighted by molar-refractivity contribution is 0.590. The molecule has 0 saturated heterocycles. The molecule has 12 rings (SSSR count). The summed E-state index contributed by atoms with van der Waals surface area (Å²) in [6, 6.07) is 72.7. The number of nitrogens with zero attached hydrogens (tertiary/aromatic N) is 2. The SMILES string of the molecule is CC(C)(C)c1ccc(-c2ccc(N3c4cc(C(C)(C)C)ccc4B4c5cc(C(C)(C)C)ccc5N(c5ccc(-c6cccc7c6oc6ccccc67)cc5)c5cccc3c54)c(-c3ccccc3)c2)cc1. The van der Waals surface area contributed by atoms with Crippen molar-refractivity contribution in [3.05, 3.63) is 211 Å². The van der Waals surface area contributed by atoms with Crippen LogP contribution in [0.15, 0.2) is 199 Å². The minimum Gasteiger partial charge on any atom is -0.455 e. The topological polar surface area (TPSA) is 19.6 Å². The summed E-state index contributed by atoms with van der Waals surface area (Å²) in [5, 5.41) is 2.28. The predicted octanol–water partition coefficient (Wildman–Crippen LogP) is 16.6. The van der Waals surface area contributed by atoms with Crippen molar-refractivity contribution in [3.8, 4) is 33.4 Å². The van der Waals surface area contributed by atoms with Gasteiger partial charge < -0.3 is 14.2 Å². The summed E-state index contributed by atoms with van der Waals surface area (Å²) in [6.07, 6.45) is 0. The minimum absolute atomic E-state index is 0.00533. The van der Waals surface area contributed by atoms with Gasteiger partial charge in [-0.3, -0.25) is 0 Å². The Labute approximate surface area is 414 Å². The van der Waals surface area contributed by atoms with Crippen LogP contribution < -0.4 is 26.2 Å². The molecule has 342 valence electrons. The van der Waals surface area contributed by atoms with Gasteiger partial charge in [-0.25, -0.2) is 0 Å². The molecule has 9 aromatic carbocycles. The number of benzene rings is 9. The summed E-state index contributed by atoms with van der Waals surface area (Å²) >= 11 is 0. The first-order valence-electron chi connectivity index (χ1n) is 24.9. The second kappa shape index (κ2) is 16.0. The van der Waals surface area contributed by atoms with Crippen molar-refractivity contribution in [2.75, 3.05) is 9.80 Å². The minimum atomic E-state index is -0.0586. The zero-order valence-electron chi connectivity index (χ0n) is 41.9. The molecule has 0 unspecified atom stereocenters. The summed E-state index contributed by atoms with van der Waals surface area (Å²) in [5.74, 6) is 0. The molecule has 10 aromatic rings. The first-order chi connectivity index (χ1) is 33.6. The fourth-order valence-corrected chi connectivity index (χ4v) is 11.1. The van der Waals surface area contributed by atoms with Crippen LogP contribution in [0, 0.1) is 0 Å². The van der Waals surface area contributed by atoms with Gasteiger partial charge in [0, 0.05) is 50.3 Å². The molecule has 3 nitrogen and oxygen atoms in total. The summed E-state index contributed by atoms with van der Waals surface area (Å²) in [6.45, 7) is 20.8. The van der Waals surface area contributed by atoms with Crippen LogP contribution in [0.25, 0.3) is 55.3 Å². The van der Waals surface area contributed by atoms with E-state index in [2.05, 4.69) is 260 Å². The Morgan fingerprint density at radius 1 is 0.357 bits per heavy atom. The molecule has 4 heteroatoms. The number of hydrogen-bond donors (Lipinski definition) is 0. The van der Waals surface area contributed by atoms with Gasteiger partial charge in [0.25, 0.3) is 6.71 Å². The van der Waals surface area contributed by atoms with Gasteiger partial charge in [0.05, 0.1) is 5.69 Å². The van der Waals surface area contributed by atoms with Crippen LogP contribution in [-0.2, 0) is 16.2 Å². The lowest BCUT2D eigenvalue weighted by Gasteiger charge is -2.45. The summed E-state index contributed by atoms with van der Waals surface area (Å²) < 4.78 is 6.53. The van der Waals surface area contributed by atoms with Gasteiger partial charge in [0.1, 0.15) is 11.2 Å². The normalized spacial score (nSPS) is 13.4. The van der Waals surface area contributed by atoms with Crippen LogP contribution in [0.4, 0.5) is 34.1 Å². The summed E-state index contributed by atoms with van der Waals surface area (Å²) in [5.41, 5.74) is 23.8. The third kappa shape index (κ3) is 7.18. The van der Waals surface area contributed by atoms with Gasteiger partial charge in [0.15, 0.2) is 0 Å². The Kier molecular flexibility index (Phi) is 9.99. The molecule has 0 bridgehead atoms. The summed E-state index contributed by atoms with van der Waals surface area (Å²) in [4.78, 5) is 5.10. The number of furan rings is 1. The molecule has 0 radical (unpaired) electrons. The molecular formula is C66H59BN2O. The Balaban J connectivity index is 1.08. The molecule has 0 N–H and O–H groups in total. The fourth-order valence-electron chi connectivity index (χ4n) is 11.1. The average Bonchev–Trinajstić information content (AvgIpc) is 3.75. The van der Waals surface area contributed by atoms with E-state index in [0.717, 1.165) is 44.4 Å². The van der Waals surface area contributed by atoms with Crippen molar-refractivity contribution < 1.29 is 4.42 Å². The lowest BCUT2D eigenvalue weighted by atomic mass is 9.33. The molecule has 3 heterocycles. The Bertz CT molecular complexity index is 3660.